The molecule has 1 saturated carbocycles. The number of hydrogen-bond donors (Lipinski definition) is 2. The smallest absolute Gasteiger partial charge is 0.0165 e. The summed E-state index contributed by atoms with van der Waals surface area (Å²) in [5.74, 6) is 0. The second-order valence-corrected chi connectivity index (χ2v) is 5.28. The summed E-state index contributed by atoms with van der Waals surface area (Å²) in [5, 5.41) is 3.56. The second kappa shape index (κ2) is 6.49. The first-order valence-electron chi connectivity index (χ1n) is 6.69. The average molecular weight is 212 g/mol. The summed E-state index contributed by atoms with van der Waals surface area (Å²) in [6, 6.07) is 0.363. The molecule has 90 valence electrons. The molecule has 2 heteroatoms. The van der Waals surface area contributed by atoms with Crippen molar-refractivity contribution in [2.45, 2.75) is 64.8 Å². The molecule has 0 heterocycles. The van der Waals surface area contributed by atoms with E-state index in [-0.39, 0.29) is 0 Å². The van der Waals surface area contributed by atoms with Crippen molar-refractivity contribution >= 4 is 0 Å². The number of hydrogen-bond acceptors (Lipinski definition) is 2. The normalized spacial score (nSPS) is 20.2. The summed E-state index contributed by atoms with van der Waals surface area (Å²) in [6.45, 7) is 6.71. The predicted molar refractivity (Wildman–Crippen MR) is 66.9 cm³/mol. The number of nitrogens with one attached hydrogen (secondary N) is 1. The lowest BCUT2D eigenvalue weighted by Crippen LogP contribution is -2.36. The van der Waals surface area contributed by atoms with Crippen LogP contribution >= 0.6 is 0 Å². The van der Waals surface area contributed by atoms with Gasteiger partial charge in [0.15, 0.2) is 0 Å². The fourth-order valence-corrected chi connectivity index (χ4v) is 2.31. The highest BCUT2D eigenvalue weighted by atomic mass is 14.9. The fraction of sp³-hybridized carbons (Fsp3) is 1.00. The molecule has 0 aromatic rings. The maximum Gasteiger partial charge on any atom is 0.0165 e. The van der Waals surface area contributed by atoms with Crippen LogP contribution in [0.25, 0.3) is 0 Å². The molecule has 0 aromatic heterocycles. The summed E-state index contributed by atoms with van der Waals surface area (Å²) < 4.78 is 0. The third-order valence-corrected chi connectivity index (χ3v) is 3.57. The molecule has 0 bridgehead atoms. The molecule has 2 nitrogen and oxygen atoms in total. The van der Waals surface area contributed by atoms with Crippen LogP contribution in [-0.2, 0) is 0 Å². The Balaban J connectivity index is 2.00. The zero-order valence-electron chi connectivity index (χ0n) is 10.5. The molecule has 15 heavy (non-hydrogen) atoms. The maximum absolute atomic E-state index is 6.02. The van der Waals surface area contributed by atoms with Gasteiger partial charge in [-0.3, -0.25) is 0 Å². The number of unbranched alkanes of at least 4 members (excludes halogenated alkanes) is 1. The van der Waals surface area contributed by atoms with Crippen molar-refractivity contribution in [3.63, 3.8) is 0 Å². The topological polar surface area (TPSA) is 38.0 Å². The predicted octanol–water partition coefficient (Wildman–Crippen LogP) is 2.67. The molecule has 0 radical (unpaired) electrons. The molecule has 0 amide bonds. The summed E-state index contributed by atoms with van der Waals surface area (Å²) in [5.41, 5.74) is 6.69. The van der Waals surface area contributed by atoms with Gasteiger partial charge in [0.05, 0.1) is 0 Å². The van der Waals surface area contributed by atoms with Crippen LogP contribution in [-0.4, -0.2) is 19.1 Å². The van der Waals surface area contributed by atoms with E-state index in [2.05, 4.69) is 19.2 Å². The minimum atomic E-state index is 0.363. The van der Waals surface area contributed by atoms with Crippen molar-refractivity contribution in [3.8, 4) is 0 Å². The lowest BCUT2D eigenvalue weighted by Gasteiger charge is -2.17. The average Bonchev–Trinajstić information content (AvgIpc) is 2.96. The molecule has 1 rings (SSSR count). The Morgan fingerprint density at radius 2 is 2.00 bits per heavy atom. The Morgan fingerprint density at radius 1 is 1.27 bits per heavy atom. The number of nitrogens with two attached hydrogens (primary N) is 1. The van der Waals surface area contributed by atoms with Gasteiger partial charge >= 0.3 is 0 Å². The van der Waals surface area contributed by atoms with Gasteiger partial charge in [-0.1, -0.05) is 33.1 Å². The van der Waals surface area contributed by atoms with E-state index in [9.17, 15) is 0 Å². The van der Waals surface area contributed by atoms with E-state index in [1.165, 1.54) is 51.5 Å². The molecule has 3 N–H and O–H groups in total. The molecule has 0 aromatic carbocycles. The van der Waals surface area contributed by atoms with E-state index in [0.29, 0.717) is 11.5 Å². The van der Waals surface area contributed by atoms with Crippen molar-refractivity contribution in [2.75, 3.05) is 13.1 Å². The zero-order valence-corrected chi connectivity index (χ0v) is 10.5. The van der Waals surface area contributed by atoms with E-state index in [1.807, 2.05) is 0 Å². The molecule has 1 unspecified atom stereocenters. The molecular weight excluding hydrogens is 184 g/mol. The van der Waals surface area contributed by atoms with Crippen LogP contribution in [0.5, 0.6) is 0 Å². The van der Waals surface area contributed by atoms with E-state index in [1.54, 1.807) is 0 Å². The minimum Gasteiger partial charge on any atom is -0.327 e. The highest BCUT2D eigenvalue weighted by molar-refractivity contribution is 4.94. The van der Waals surface area contributed by atoms with E-state index < -0.39 is 0 Å². The summed E-state index contributed by atoms with van der Waals surface area (Å²) in [4.78, 5) is 0. The molecule has 1 atom stereocenters. The first-order valence-corrected chi connectivity index (χ1v) is 6.69. The third-order valence-electron chi connectivity index (χ3n) is 3.57. The lowest BCUT2D eigenvalue weighted by molar-refractivity contribution is 0.406. The fourth-order valence-electron chi connectivity index (χ4n) is 2.31. The van der Waals surface area contributed by atoms with Gasteiger partial charge in [-0.15, -0.1) is 0 Å². The summed E-state index contributed by atoms with van der Waals surface area (Å²) >= 11 is 0. The Kier molecular flexibility index (Phi) is 5.62. The van der Waals surface area contributed by atoms with Crippen LogP contribution in [0.2, 0.25) is 0 Å². The van der Waals surface area contributed by atoms with Gasteiger partial charge in [0.1, 0.15) is 0 Å². The number of rotatable bonds is 9. The Morgan fingerprint density at radius 3 is 2.53 bits per heavy atom. The zero-order chi connectivity index (χ0) is 11.1. The van der Waals surface area contributed by atoms with E-state index in [4.69, 9.17) is 5.73 Å². The SMILES string of the molecule is CCCCC(N)CNCC1(CCC)CC1. The quantitative estimate of drug-likeness (QED) is 0.616. The van der Waals surface area contributed by atoms with Gasteiger partial charge in [-0.2, -0.15) is 0 Å². The Bertz CT molecular complexity index is 164. The molecule has 0 aliphatic heterocycles. The van der Waals surface area contributed by atoms with Crippen molar-refractivity contribution in [2.24, 2.45) is 11.1 Å². The van der Waals surface area contributed by atoms with Crippen LogP contribution in [0.15, 0.2) is 0 Å². The summed E-state index contributed by atoms with van der Waals surface area (Å²) in [6.07, 6.45) is 9.27. The van der Waals surface area contributed by atoms with Gasteiger partial charge in [0, 0.05) is 19.1 Å². The lowest BCUT2D eigenvalue weighted by atomic mass is 10.0. The van der Waals surface area contributed by atoms with Crippen molar-refractivity contribution < 1.29 is 0 Å². The largest absolute Gasteiger partial charge is 0.327 e. The van der Waals surface area contributed by atoms with Crippen LogP contribution < -0.4 is 11.1 Å². The molecule has 0 saturated heterocycles. The second-order valence-electron chi connectivity index (χ2n) is 5.28. The Hall–Kier alpha value is -0.0800. The van der Waals surface area contributed by atoms with Crippen LogP contribution in [0.4, 0.5) is 0 Å². The molecule has 1 aliphatic carbocycles. The van der Waals surface area contributed by atoms with E-state index in [0.717, 1.165) is 6.54 Å². The summed E-state index contributed by atoms with van der Waals surface area (Å²) in [7, 11) is 0. The van der Waals surface area contributed by atoms with Crippen molar-refractivity contribution in [1.82, 2.24) is 5.32 Å². The molecular formula is C13H28N2. The third kappa shape index (κ3) is 4.98. The first kappa shape index (κ1) is 13.0. The van der Waals surface area contributed by atoms with Gasteiger partial charge in [-0.05, 0) is 31.1 Å². The van der Waals surface area contributed by atoms with Gasteiger partial charge in [-0.25, -0.2) is 0 Å². The minimum absolute atomic E-state index is 0.363. The Labute approximate surface area is 95.0 Å². The molecule has 0 spiro atoms. The van der Waals surface area contributed by atoms with Crippen molar-refractivity contribution in [3.05, 3.63) is 0 Å². The van der Waals surface area contributed by atoms with E-state index >= 15 is 0 Å². The first-order chi connectivity index (χ1) is 7.22. The van der Waals surface area contributed by atoms with Gasteiger partial charge in [0.2, 0.25) is 0 Å². The molecule has 1 aliphatic rings. The van der Waals surface area contributed by atoms with Gasteiger partial charge in [0.25, 0.3) is 0 Å². The van der Waals surface area contributed by atoms with Crippen LogP contribution in [0.1, 0.15) is 58.8 Å². The van der Waals surface area contributed by atoms with Crippen molar-refractivity contribution in [1.29, 1.82) is 0 Å². The highest BCUT2D eigenvalue weighted by Gasteiger charge is 2.40. The monoisotopic (exact) mass is 212 g/mol. The van der Waals surface area contributed by atoms with Crippen LogP contribution in [0.3, 0.4) is 0 Å². The maximum atomic E-state index is 6.02. The van der Waals surface area contributed by atoms with Gasteiger partial charge < -0.3 is 11.1 Å². The molecule has 1 fully saturated rings. The van der Waals surface area contributed by atoms with Crippen LogP contribution in [0, 0.1) is 5.41 Å². The highest BCUT2D eigenvalue weighted by Crippen LogP contribution is 2.48. The standard InChI is InChI=1S/C13H28N2/c1-3-5-6-12(14)10-15-11-13(7-4-2)8-9-13/h12,15H,3-11,14H2,1-2H3.